The van der Waals surface area contributed by atoms with E-state index in [-0.39, 0.29) is 0 Å². The summed E-state index contributed by atoms with van der Waals surface area (Å²) in [6, 6.07) is 0. The molecule has 0 unspecified atom stereocenters. The molecule has 2 rings (SSSR count). The van der Waals surface area contributed by atoms with Crippen LogP contribution >= 0.6 is 0 Å². The molecule has 19 heavy (non-hydrogen) atoms. The van der Waals surface area contributed by atoms with Gasteiger partial charge < -0.3 is 0 Å². The molecule has 110 valence electrons. The van der Waals surface area contributed by atoms with Crippen molar-refractivity contribution in [3.8, 4) is 0 Å². The lowest BCUT2D eigenvalue weighted by Crippen LogP contribution is -2.34. The van der Waals surface area contributed by atoms with E-state index in [2.05, 4.69) is 6.92 Å². The quantitative estimate of drug-likeness (QED) is 0.319. The Bertz CT molecular complexity index is 204. The summed E-state index contributed by atoms with van der Waals surface area (Å²) in [5, 5.41) is 0. The van der Waals surface area contributed by atoms with Crippen LogP contribution in [0.25, 0.3) is 0 Å². The van der Waals surface area contributed by atoms with Crippen LogP contribution in [0.4, 0.5) is 0 Å². The van der Waals surface area contributed by atoms with E-state index in [1.807, 2.05) is 0 Å². The Morgan fingerprint density at radius 2 is 1.16 bits per heavy atom. The average Bonchev–Trinajstić information content (AvgIpc) is 2.41. The molecular weight excluding hydrogens is 227 g/mol. The summed E-state index contributed by atoms with van der Waals surface area (Å²) in [6.45, 7) is 3.45. The molecule has 0 aromatic rings. The van der Waals surface area contributed by atoms with Crippen molar-refractivity contribution in [3.63, 3.8) is 0 Å². The number of hydrogen-bond donors (Lipinski definition) is 0. The predicted molar refractivity (Wildman–Crippen MR) is 88.4 cm³/mol. The third-order valence-corrected chi connectivity index (χ3v) is 5.90. The van der Waals surface area contributed by atoms with Crippen LogP contribution < -0.4 is 0 Å². The second-order valence-electron chi connectivity index (χ2n) is 7.31. The van der Waals surface area contributed by atoms with Crippen molar-refractivity contribution in [1.82, 2.24) is 0 Å². The van der Waals surface area contributed by atoms with Gasteiger partial charge in [-0.1, -0.05) is 115 Å². The average molecular weight is 262 g/mol. The molecule has 0 amide bonds. The molecule has 2 aliphatic rings. The standard InChI is InChI=1S/C18H35B/c1-2-3-4-5-6-7-8-9-16-19-17-12-10-13-18(19)15-11-14-17/h17-18H,2-16H2,1H3. The first-order valence-corrected chi connectivity index (χ1v) is 9.42. The van der Waals surface area contributed by atoms with Crippen molar-refractivity contribution < 1.29 is 0 Å². The molecule has 0 aromatic heterocycles. The highest BCUT2D eigenvalue weighted by molar-refractivity contribution is 6.62. The molecule has 2 heterocycles. The van der Waals surface area contributed by atoms with Crippen LogP contribution in [0.3, 0.4) is 0 Å². The van der Waals surface area contributed by atoms with E-state index in [1.54, 1.807) is 44.8 Å². The molecule has 2 bridgehead atoms. The van der Waals surface area contributed by atoms with Crippen molar-refractivity contribution in [2.24, 2.45) is 0 Å². The van der Waals surface area contributed by atoms with Gasteiger partial charge in [0.15, 0.2) is 0 Å². The van der Waals surface area contributed by atoms with E-state index in [9.17, 15) is 0 Å². The Hall–Kier alpha value is 0.0649. The normalized spacial score (nSPS) is 26.7. The van der Waals surface area contributed by atoms with Crippen LogP contribution in [0.1, 0.15) is 96.8 Å². The Kier molecular flexibility index (Phi) is 7.39. The van der Waals surface area contributed by atoms with Crippen LogP contribution in [-0.4, -0.2) is 6.71 Å². The van der Waals surface area contributed by atoms with Crippen LogP contribution in [0.5, 0.6) is 0 Å². The smallest absolute Gasteiger partial charge is 0.0737 e. The molecule has 0 radical (unpaired) electrons. The highest BCUT2D eigenvalue weighted by Crippen LogP contribution is 2.48. The minimum absolute atomic E-state index is 1.14. The van der Waals surface area contributed by atoms with Crippen molar-refractivity contribution in [2.75, 3.05) is 0 Å². The zero-order valence-electron chi connectivity index (χ0n) is 13.3. The highest BCUT2D eigenvalue weighted by atomic mass is 14.2. The largest absolute Gasteiger partial charge is 0.146 e. The topological polar surface area (TPSA) is 0 Å². The highest BCUT2D eigenvalue weighted by Gasteiger charge is 2.37. The van der Waals surface area contributed by atoms with Gasteiger partial charge in [-0.15, -0.1) is 0 Å². The van der Waals surface area contributed by atoms with Crippen LogP contribution in [0.2, 0.25) is 18.0 Å². The monoisotopic (exact) mass is 262 g/mol. The maximum absolute atomic E-state index is 2.31. The molecule has 0 saturated carbocycles. The summed E-state index contributed by atoms with van der Waals surface area (Å²) in [7, 11) is 0. The van der Waals surface area contributed by atoms with E-state index >= 15 is 0 Å². The van der Waals surface area contributed by atoms with Gasteiger partial charge in [-0.2, -0.15) is 0 Å². The van der Waals surface area contributed by atoms with Crippen molar-refractivity contribution >= 4 is 6.71 Å². The lowest BCUT2D eigenvalue weighted by atomic mass is 9.26. The zero-order chi connectivity index (χ0) is 13.3. The number of unbranched alkanes of at least 4 members (excludes halogenated alkanes) is 7. The fraction of sp³-hybridized carbons (Fsp3) is 1.00. The van der Waals surface area contributed by atoms with Crippen molar-refractivity contribution in [3.05, 3.63) is 0 Å². The minimum atomic E-state index is 1.14. The maximum atomic E-state index is 2.31. The van der Waals surface area contributed by atoms with Crippen LogP contribution in [0, 0.1) is 0 Å². The number of rotatable bonds is 9. The Morgan fingerprint density at radius 1 is 0.684 bits per heavy atom. The summed E-state index contributed by atoms with van der Waals surface area (Å²) >= 11 is 0. The van der Waals surface area contributed by atoms with Crippen molar-refractivity contribution in [1.29, 1.82) is 0 Å². The van der Waals surface area contributed by atoms with E-state index in [0.29, 0.717) is 0 Å². The molecular formula is C18H35B. The van der Waals surface area contributed by atoms with E-state index in [1.165, 1.54) is 51.4 Å². The van der Waals surface area contributed by atoms with Crippen LogP contribution in [-0.2, 0) is 0 Å². The lowest BCUT2D eigenvalue weighted by Gasteiger charge is -2.40. The fourth-order valence-electron chi connectivity index (χ4n) is 4.80. The van der Waals surface area contributed by atoms with Gasteiger partial charge in [0.1, 0.15) is 6.71 Å². The van der Waals surface area contributed by atoms with Gasteiger partial charge in [-0.25, -0.2) is 0 Å². The molecule has 0 N–H and O–H groups in total. The van der Waals surface area contributed by atoms with E-state index in [4.69, 9.17) is 0 Å². The summed E-state index contributed by atoms with van der Waals surface area (Å²) in [6.07, 6.45) is 22.8. The molecule has 2 aliphatic heterocycles. The lowest BCUT2D eigenvalue weighted by molar-refractivity contribution is 0.439. The molecule has 0 nitrogen and oxygen atoms in total. The summed E-state index contributed by atoms with van der Waals surface area (Å²) < 4.78 is 0. The molecule has 0 spiro atoms. The first-order chi connectivity index (χ1) is 9.42. The van der Waals surface area contributed by atoms with Gasteiger partial charge in [-0.05, 0) is 0 Å². The molecule has 0 aliphatic carbocycles. The molecule has 1 heteroatoms. The van der Waals surface area contributed by atoms with Gasteiger partial charge in [0.25, 0.3) is 0 Å². The Morgan fingerprint density at radius 3 is 1.68 bits per heavy atom. The maximum Gasteiger partial charge on any atom is 0.146 e. The second kappa shape index (κ2) is 9.08. The molecule has 0 atom stereocenters. The van der Waals surface area contributed by atoms with Crippen molar-refractivity contribution in [2.45, 2.75) is 115 Å². The Labute approximate surface area is 122 Å². The SMILES string of the molecule is CCCCCCCCCCB1C2CCCC1CCC2. The third kappa shape index (κ3) is 5.16. The molecule has 2 saturated heterocycles. The van der Waals surface area contributed by atoms with Gasteiger partial charge in [0.2, 0.25) is 0 Å². The van der Waals surface area contributed by atoms with Gasteiger partial charge in [-0.3, -0.25) is 0 Å². The Balaban J connectivity index is 1.51. The molecule has 0 aromatic carbocycles. The van der Waals surface area contributed by atoms with Crippen LogP contribution in [0.15, 0.2) is 0 Å². The number of fused-ring (bicyclic) bond motifs is 2. The van der Waals surface area contributed by atoms with E-state index in [0.717, 1.165) is 18.3 Å². The van der Waals surface area contributed by atoms with Gasteiger partial charge in [0.05, 0.1) is 0 Å². The predicted octanol–water partition coefficient (Wildman–Crippen LogP) is 6.73. The fourth-order valence-corrected chi connectivity index (χ4v) is 4.80. The zero-order valence-corrected chi connectivity index (χ0v) is 13.3. The number of hydrogen-bond acceptors (Lipinski definition) is 0. The second-order valence-corrected chi connectivity index (χ2v) is 7.31. The van der Waals surface area contributed by atoms with E-state index < -0.39 is 0 Å². The third-order valence-electron chi connectivity index (χ3n) is 5.90. The minimum Gasteiger partial charge on any atom is -0.0737 e. The van der Waals surface area contributed by atoms with Gasteiger partial charge >= 0.3 is 0 Å². The van der Waals surface area contributed by atoms with Gasteiger partial charge in [0, 0.05) is 0 Å². The molecule has 2 fully saturated rings. The summed E-state index contributed by atoms with van der Waals surface area (Å²) in [5.74, 6) is 2.27. The summed E-state index contributed by atoms with van der Waals surface area (Å²) in [5.41, 5.74) is 0. The summed E-state index contributed by atoms with van der Waals surface area (Å²) in [4.78, 5) is 0. The first kappa shape index (κ1) is 15.5. The first-order valence-electron chi connectivity index (χ1n) is 9.42.